The zero-order valence-corrected chi connectivity index (χ0v) is 12.6. The topological polar surface area (TPSA) is 12.0 Å². The number of hydrogen-bond donors (Lipinski definition) is 1. The van der Waals surface area contributed by atoms with Crippen LogP contribution in [0, 0.1) is 0 Å². The van der Waals surface area contributed by atoms with Crippen molar-refractivity contribution in [2.24, 2.45) is 0 Å². The van der Waals surface area contributed by atoms with Gasteiger partial charge in [-0.25, -0.2) is 0 Å². The van der Waals surface area contributed by atoms with E-state index in [0.29, 0.717) is 6.04 Å². The van der Waals surface area contributed by atoms with Crippen LogP contribution in [0.2, 0.25) is 5.02 Å². The van der Waals surface area contributed by atoms with Crippen LogP contribution in [0.15, 0.2) is 42.5 Å². The van der Waals surface area contributed by atoms with Crippen molar-refractivity contribution in [2.75, 3.05) is 0 Å². The van der Waals surface area contributed by atoms with Gasteiger partial charge < -0.3 is 5.32 Å². The van der Waals surface area contributed by atoms with Crippen LogP contribution >= 0.6 is 11.6 Å². The summed E-state index contributed by atoms with van der Waals surface area (Å²) in [5.74, 6) is 0. The molecule has 0 aromatic heterocycles. The molecule has 104 valence electrons. The third kappa shape index (κ3) is 3.05. The molecule has 0 amide bonds. The molecule has 1 aliphatic rings. The smallest absolute Gasteiger partial charge is 0.0409 e. The first-order chi connectivity index (χ1) is 9.72. The van der Waals surface area contributed by atoms with Crippen molar-refractivity contribution < 1.29 is 0 Å². The Morgan fingerprint density at radius 2 is 1.95 bits per heavy atom. The molecule has 1 unspecified atom stereocenters. The molecule has 0 bridgehead atoms. The average Bonchev–Trinajstić information content (AvgIpc) is 2.92. The van der Waals surface area contributed by atoms with Crippen LogP contribution in [0.5, 0.6) is 0 Å². The van der Waals surface area contributed by atoms with Gasteiger partial charge in [0.25, 0.3) is 0 Å². The number of benzene rings is 2. The summed E-state index contributed by atoms with van der Waals surface area (Å²) in [6.45, 7) is 3.08. The maximum atomic E-state index is 6.04. The SMILES string of the molecule is CC(NCc1ccc2c(c1)CCC2)c1cccc(Cl)c1. The normalized spacial score (nSPS) is 15.1. The van der Waals surface area contributed by atoms with E-state index >= 15 is 0 Å². The van der Waals surface area contributed by atoms with E-state index in [2.05, 4.69) is 36.5 Å². The summed E-state index contributed by atoms with van der Waals surface area (Å²) in [5.41, 5.74) is 5.69. The lowest BCUT2D eigenvalue weighted by Gasteiger charge is -2.15. The van der Waals surface area contributed by atoms with Crippen LogP contribution in [-0.2, 0) is 19.4 Å². The number of hydrogen-bond acceptors (Lipinski definition) is 1. The predicted octanol–water partition coefficient (Wildman–Crippen LogP) is 4.68. The minimum atomic E-state index is 0.307. The summed E-state index contributed by atoms with van der Waals surface area (Å²) in [4.78, 5) is 0. The number of aryl methyl sites for hydroxylation is 2. The van der Waals surface area contributed by atoms with Crippen molar-refractivity contribution in [1.29, 1.82) is 0 Å². The van der Waals surface area contributed by atoms with E-state index in [4.69, 9.17) is 11.6 Å². The van der Waals surface area contributed by atoms with Gasteiger partial charge in [0.05, 0.1) is 0 Å². The molecule has 20 heavy (non-hydrogen) atoms. The van der Waals surface area contributed by atoms with Gasteiger partial charge >= 0.3 is 0 Å². The lowest BCUT2D eigenvalue weighted by Crippen LogP contribution is -2.18. The standard InChI is InChI=1S/C18H20ClN/c1-13(16-5-3-7-18(19)11-16)20-12-14-8-9-15-4-2-6-17(15)10-14/h3,5,7-11,13,20H,2,4,6,12H2,1H3. The Kier molecular flexibility index (Phi) is 4.09. The second kappa shape index (κ2) is 5.99. The summed E-state index contributed by atoms with van der Waals surface area (Å²) < 4.78 is 0. The highest BCUT2D eigenvalue weighted by Gasteiger charge is 2.11. The van der Waals surface area contributed by atoms with Crippen LogP contribution < -0.4 is 5.32 Å². The average molecular weight is 286 g/mol. The van der Waals surface area contributed by atoms with Gasteiger partial charge in [-0.2, -0.15) is 0 Å². The maximum Gasteiger partial charge on any atom is 0.0409 e. The number of halogens is 1. The van der Waals surface area contributed by atoms with E-state index in [0.717, 1.165) is 11.6 Å². The van der Waals surface area contributed by atoms with Gasteiger partial charge in [0, 0.05) is 17.6 Å². The molecule has 1 nitrogen and oxygen atoms in total. The van der Waals surface area contributed by atoms with Gasteiger partial charge in [-0.05, 0) is 60.6 Å². The van der Waals surface area contributed by atoms with Crippen molar-refractivity contribution in [1.82, 2.24) is 5.32 Å². The van der Waals surface area contributed by atoms with Gasteiger partial charge in [-0.1, -0.05) is 41.9 Å². The zero-order chi connectivity index (χ0) is 13.9. The molecule has 1 N–H and O–H groups in total. The number of rotatable bonds is 4. The molecule has 0 heterocycles. The lowest BCUT2D eigenvalue weighted by atomic mass is 10.1. The largest absolute Gasteiger partial charge is 0.306 e. The van der Waals surface area contributed by atoms with Crippen LogP contribution in [-0.4, -0.2) is 0 Å². The minimum absolute atomic E-state index is 0.307. The molecule has 0 aliphatic heterocycles. The minimum Gasteiger partial charge on any atom is -0.306 e. The van der Waals surface area contributed by atoms with E-state index in [9.17, 15) is 0 Å². The highest BCUT2D eigenvalue weighted by molar-refractivity contribution is 6.30. The first-order valence-corrected chi connectivity index (χ1v) is 7.70. The Bertz CT molecular complexity index is 606. The molecule has 2 heteroatoms. The Morgan fingerprint density at radius 3 is 2.80 bits per heavy atom. The fourth-order valence-electron chi connectivity index (χ4n) is 2.90. The molecule has 2 aromatic rings. The molecule has 0 fully saturated rings. The number of fused-ring (bicyclic) bond motifs is 1. The fraction of sp³-hybridized carbons (Fsp3) is 0.333. The molecule has 1 atom stereocenters. The Balaban J connectivity index is 1.64. The third-order valence-corrected chi connectivity index (χ3v) is 4.36. The van der Waals surface area contributed by atoms with Crippen molar-refractivity contribution >= 4 is 11.6 Å². The molecule has 0 saturated heterocycles. The molecule has 1 aliphatic carbocycles. The monoisotopic (exact) mass is 285 g/mol. The molecular weight excluding hydrogens is 266 g/mol. The Labute approximate surface area is 126 Å². The zero-order valence-electron chi connectivity index (χ0n) is 11.8. The van der Waals surface area contributed by atoms with Crippen molar-refractivity contribution in [2.45, 2.75) is 38.8 Å². The predicted molar refractivity (Wildman–Crippen MR) is 85.2 cm³/mol. The van der Waals surface area contributed by atoms with E-state index in [1.54, 1.807) is 5.56 Å². The summed E-state index contributed by atoms with van der Waals surface area (Å²) in [5, 5.41) is 4.37. The van der Waals surface area contributed by atoms with E-state index < -0.39 is 0 Å². The van der Waals surface area contributed by atoms with Crippen molar-refractivity contribution in [3.05, 3.63) is 69.7 Å². The molecular formula is C18H20ClN. The lowest BCUT2D eigenvalue weighted by molar-refractivity contribution is 0.574. The molecule has 0 radical (unpaired) electrons. The quantitative estimate of drug-likeness (QED) is 0.860. The van der Waals surface area contributed by atoms with E-state index in [1.807, 2.05) is 18.2 Å². The van der Waals surface area contributed by atoms with Gasteiger partial charge in [0.2, 0.25) is 0 Å². The summed E-state index contributed by atoms with van der Waals surface area (Å²) in [6, 6.07) is 15.3. The summed E-state index contributed by atoms with van der Waals surface area (Å²) in [7, 11) is 0. The molecule has 2 aromatic carbocycles. The maximum absolute atomic E-state index is 6.04. The van der Waals surface area contributed by atoms with Gasteiger partial charge in [0.1, 0.15) is 0 Å². The van der Waals surface area contributed by atoms with Crippen molar-refractivity contribution in [3.63, 3.8) is 0 Å². The van der Waals surface area contributed by atoms with Gasteiger partial charge in [0.15, 0.2) is 0 Å². The Hall–Kier alpha value is -1.31. The first kappa shape index (κ1) is 13.7. The van der Waals surface area contributed by atoms with Crippen LogP contribution in [0.3, 0.4) is 0 Å². The van der Waals surface area contributed by atoms with Crippen LogP contribution in [0.25, 0.3) is 0 Å². The molecule has 0 spiro atoms. The Morgan fingerprint density at radius 1 is 1.10 bits per heavy atom. The second-order valence-electron chi connectivity index (χ2n) is 5.61. The third-order valence-electron chi connectivity index (χ3n) is 4.12. The second-order valence-corrected chi connectivity index (χ2v) is 6.05. The molecule has 3 rings (SSSR count). The number of nitrogens with one attached hydrogen (secondary N) is 1. The van der Waals surface area contributed by atoms with E-state index in [-0.39, 0.29) is 0 Å². The van der Waals surface area contributed by atoms with Crippen molar-refractivity contribution in [3.8, 4) is 0 Å². The van der Waals surface area contributed by atoms with Crippen LogP contribution in [0.1, 0.15) is 41.6 Å². The first-order valence-electron chi connectivity index (χ1n) is 7.32. The van der Waals surface area contributed by atoms with E-state index in [1.165, 1.54) is 36.0 Å². The molecule has 0 saturated carbocycles. The summed E-state index contributed by atoms with van der Waals surface area (Å²) in [6.07, 6.45) is 3.81. The fourth-order valence-corrected chi connectivity index (χ4v) is 3.10. The van der Waals surface area contributed by atoms with Gasteiger partial charge in [-0.15, -0.1) is 0 Å². The highest BCUT2D eigenvalue weighted by Crippen LogP contribution is 2.23. The summed E-state index contributed by atoms with van der Waals surface area (Å²) >= 11 is 6.04. The van der Waals surface area contributed by atoms with Crippen LogP contribution in [0.4, 0.5) is 0 Å². The van der Waals surface area contributed by atoms with Gasteiger partial charge in [-0.3, -0.25) is 0 Å². The highest BCUT2D eigenvalue weighted by atomic mass is 35.5.